The van der Waals surface area contributed by atoms with Crippen LogP contribution in [0.5, 0.6) is 0 Å². The molecule has 0 saturated heterocycles. The van der Waals surface area contributed by atoms with Gasteiger partial charge in [0.1, 0.15) is 5.82 Å². The lowest BCUT2D eigenvalue weighted by Gasteiger charge is -2.16. The highest BCUT2D eigenvalue weighted by molar-refractivity contribution is 6.18. The highest BCUT2D eigenvalue weighted by atomic mass is 35.5. The molecule has 0 amide bonds. The van der Waals surface area contributed by atoms with Crippen LogP contribution < -0.4 is 0 Å². The van der Waals surface area contributed by atoms with E-state index in [2.05, 4.69) is 13.8 Å². The van der Waals surface area contributed by atoms with E-state index in [-0.39, 0.29) is 5.82 Å². The highest BCUT2D eigenvalue weighted by Gasteiger charge is 2.10. The van der Waals surface area contributed by atoms with Gasteiger partial charge in [-0.3, -0.25) is 0 Å². The molecule has 0 saturated carbocycles. The van der Waals surface area contributed by atoms with Crippen molar-refractivity contribution in [1.82, 2.24) is 0 Å². The van der Waals surface area contributed by atoms with Gasteiger partial charge in [0.2, 0.25) is 0 Å². The van der Waals surface area contributed by atoms with Crippen LogP contribution in [0.15, 0.2) is 24.3 Å². The summed E-state index contributed by atoms with van der Waals surface area (Å²) in [5.74, 6) is 1.66. The summed E-state index contributed by atoms with van der Waals surface area (Å²) in [6.07, 6.45) is 2.07. The van der Waals surface area contributed by atoms with Crippen molar-refractivity contribution in [3.8, 4) is 0 Å². The second-order valence-electron chi connectivity index (χ2n) is 4.48. The van der Waals surface area contributed by atoms with Crippen LogP contribution in [0.25, 0.3) is 0 Å². The Morgan fingerprint density at radius 2 is 1.80 bits per heavy atom. The van der Waals surface area contributed by atoms with Crippen molar-refractivity contribution in [3.63, 3.8) is 0 Å². The van der Waals surface area contributed by atoms with Crippen LogP contribution in [0.1, 0.15) is 25.8 Å². The summed E-state index contributed by atoms with van der Waals surface area (Å²) in [5.41, 5.74) is 1.17. The molecule has 84 valence electrons. The number of halogens is 2. The van der Waals surface area contributed by atoms with Gasteiger partial charge in [-0.1, -0.05) is 26.0 Å². The Labute approximate surface area is 96.5 Å². The van der Waals surface area contributed by atoms with E-state index in [1.165, 1.54) is 17.7 Å². The van der Waals surface area contributed by atoms with E-state index in [4.69, 9.17) is 11.6 Å². The van der Waals surface area contributed by atoms with E-state index in [1.807, 2.05) is 12.1 Å². The molecule has 1 rings (SSSR count). The SMILES string of the molecule is CC(C)CC(CCl)Cc1ccc(F)cc1. The van der Waals surface area contributed by atoms with Crippen LogP contribution in [-0.2, 0) is 6.42 Å². The molecule has 0 radical (unpaired) electrons. The van der Waals surface area contributed by atoms with Crippen molar-refractivity contribution < 1.29 is 4.39 Å². The maximum Gasteiger partial charge on any atom is 0.123 e. The molecule has 1 unspecified atom stereocenters. The number of alkyl halides is 1. The smallest absolute Gasteiger partial charge is 0.123 e. The minimum atomic E-state index is -0.176. The van der Waals surface area contributed by atoms with E-state index in [0.29, 0.717) is 17.7 Å². The maximum atomic E-state index is 12.7. The fraction of sp³-hybridized carbons (Fsp3) is 0.538. The lowest BCUT2D eigenvalue weighted by atomic mass is 9.92. The van der Waals surface area contributed by atoms with Crippen LogP contribution in [0.4, 0.5) is 4.39 Å². The van der Waals surface area contributed by atoms with Crippen molar-refractivity contribution in [2.24, 2.45) is 11.8 Å². The second kappa shape index (κ2) is 6.12. The average Bonchev–Trinajstić information content (AvgIpc) is 2.19. The van der Waals surface area contributed by atoms with E-state index >= 15 is 0 Å². The Morgan fingerprint density at radius 3 is 2.27 bits per heavy atom. The lowest BCUT2D eigenvalue weighted by Crippen LogP contribution is -2.09. The quantitative estimate of drug-likeness (QED) is 0.661. The molecule has 0 aliphatic carbocycles. The third-order valence-electron chi connectivity index (χ3n) is 2.46. The van der Waals surface area contributed by atoms with E-state index in [1.54, 1.807) is 0 Å². The summed E-state index contributed by atoms with van der Waals surface area (Å²) in [6.45, 7) is 4.40. The zero-order valence-electron chi connectivity index (χ0n) is 9.34. The van der Waals surface area contributed by atoms with Gasteiger partial charge in [0.15, 0.2) is 0 Å². The predicted octanol–water partition coefficient (Wildman–Crippen LogP) is 4.27. The normalized spacial score (nSPS) is 13.1. The Kier molecular flexibility index (Phi) is 5.10. The minimum absolute atomic E-state index is 0.176. The topological polar surface area (TPSA) is 0 Å². The Balaban J connectivity index is 2.54. The van der Waals surface area contributed by atoms with Crippen LogP contribution in [0.3, 0.4) is 0 Å². The van der Waals surface area contributed by atoms with Crippen molar-refractivity contribution >= 4 is 11.6 Å². The lowest BCUT2D eigenvalue weighted by molar-refractivity contribution is 0.441. The monoisotopic (exact) mass is 228 g/mol. The third-order valence-corrected chi connectivity index (χ3v) is 2.90. The van der Waals surface area contributed by atoms with E-state index in [9.17, 15) is 4.39 Å². The largest absolute Gasteiger partial charge is 0.207 e. The summed E-state index contributed by atoms with van der Waals surface area (Å²) >= 11 is 5.92. The first-order chi connectivity index (χ1) is 7.11. The molecule has 1 aromatic carbocycles. The molecular formula is C13H18ClF. The Bertz CT molecular complexity index is 279. The zero-order valence-corrected chi connectivity index (χ0v) is 10.1. The molecule has 15 heavy (non-hydrogen) atoms. The van der Waals surface area contributed by atoms with Gasteiger partial charge in [-0.25, -0.2) is 4.39 Å². The molecular weight excluding hydrogens is 211 g/mol. The van der Waals surface area contributed by atoms with Crippen LogP contribution in [0, 0.1) is 17.7 Å². The molecule has 0 fully saturated rings. The Morgan fingerprint density at radius 1 is 1.20 bits per heavy atom. The first kappa shape index (κ1) is 12.5. The zero-order chi connectivity index (χ0) is 11.3. The van der Waals surface area contributed by atoms with Gasteiger partial charge in [-0.15, -0.1) is 11.6 Å². The minimum Gasteiger partial charge on any atom is -0.207 e. The standard InChI is InChI=1S/C13H18ClF/c1-10(2)7-12(9-14)8-11-3-5-13(15)6-4-11/h3-6,10,12H,7-9H2,1-2H3. The van der Waals surface area contributed by atoms with Crippen molar-refractivity contribution in [1.29, 1.82) is 0 Å². The van der Waals surface area contributed by atoms with Crippen LogP contribution >= 0.6 is 11.6 Å². The summed E-state index contributed by atoms with van der Waals surface area (Å²) in [6, 6.07) is 6.70. The summed E-state index contributed by atoms with van der Waals surface area (Å²) < 4.78 is 12.7. The van der Waals surface area contributed by atoms with Gasteiger partial charge in [0.25, 0.3) is 0 Å². The molecule has 1 aromatic rings. The number of rotatable bonds is 5. The molecule has 1 atom stereocenters. The van der Waals surface area contributed by atoms with E-state index in [0.717, 1.165) is 12.8 Å². The van der Waals surface area contributed by atoms with Gasteiger partial charge in [0, 0.05) is 5.88 Å². The fourth-order valence-corrected chi connectivity index (χ4v) is 2.06. The first-order valence-corrected chi connectivity index (χ1v) is 5.95. The van der Waals surface area contributed by atoms with Gasteiger partial charge in [-0.05, 0) is 42.4 Å². The van der Waals surface area contributed by atoms with Crippen molar-refractivity contribution in [2.45, 2.75) is 26.7 Å². The molecule has 0 bridgehead atoms. The number of hydrogen-bond donors (Lipinski definition) is 0. The molecule has 0 nitrogen and oxygen atoms in total. The number of hydrogen-bond acceptors (Lipinski definition) is 0. The number of benzene rings is 1. The van der Waals surface area contributed by atoms with Gasteiger partial charge in [-0.2, -0.15) is 0 Å². The molecule has 2 heteroatoms. The van der Waals surface area contributed by atoms with Crippen molar-refractivity contribution in [2.75, 3.05) is 5.88 Å². The molecule has 0 N–H and O–H groups in total. The van der Waals surface area contributed by atoms with Crippen LogP contribution in [0.2, 0.25) is 0 Å². The fourth-order valence-electron chi connectivity index (χ4n) is 1.82. The van der Waals surface area contributed by atoms with Gasteiger partial charge >= 0.3 is 0 Å². The molecule has 0 spiro atoms. The maximum absolute atomic E-state index is 12.7. The van der Waals surface area contributed by atoms with Crippen molar-refractivity contribution in [3.05, 3.63) is 35.6 Å². The van der Waals surface area contributed by atoms with Gasteiger partial charge in [0.05, 0.1) is 0 Å². The Hall–Kier alpha value is -0.560. The summed E-state index contributed by atoms with van der Waals surface area (Å²) in [7, 11) is 0. The summed E-state index contributed by atoms with van der Waals surface area (Å²) in [4.78, 5) is 0. The molecule has 0 heterocycles. The first-order valence-electron chi connectivity index (χ1n) is 5.42. The highest BCUT2D eigenvalue weighted by Crippen LogP contribution is 2.18. The third kappa shape index (κ3) is 4.65. The van der Waals surface area contributed by atoms with Crippen LogP contribution in [-0.4, -0.2) is 5.88 Å². The average molecular weight is 229 g/mol. The van der Waals surface area contributed by atoms with Gasteiger partial charge < -0.3 is 0 Å². The molecule has 0 aromatic heterocycles. The van der Waals surface area contributed by atoms with E-state index < -0.39 is 0 Å². The second-order valence-corrected chi connectivity index (χ2v) is 4.79. The molecule has 0 aliphatic heterocycles. The molecule has 0 aliphatic rings. The summed E-state index contributed by atoms with van der Waals surface area (Å²) in [5, 5.41) is 0. The predicted molar refractivity (Wildman–Crippen MR) is 63.8 cm³/mol.